The van der Waals surface area contributed by atoms with E-state index < -0.39 is 23.8 Å². The van der Waals surface area contributed by atoms with Crippen molar-refractivity contribution in [2.75, 3.05) is 4.90 Å². The van der Waals surface area contributed by atoms with Crippen LogP contribution in [0.25, 0.3) is 17.4 Å². The van der Waals surface area contributed by atoms with E-state index in [9.17, 15) is 24.3 Å². The molecule has 0 unspecified atom stereocenters. The van der Waals surface area contributed by atoms with E-state index in [1.54, 1.807) is 43.3 Å². The predicted octanol–water partition coefficient (Wildman–Crippen LogP) is 3.05. The highest BCUT2D eigenvalue weighted by molar-refractivity contribution is 9.10. The fourth-order valence-corrected chi connectivity index (χ4v) is 3.63. The minimum absolute atomic E-state index is 0.00748. The van der Waals surface area contributed by atoms with E-state index in [2.05, 4.69) is 21.2 Å². The molecule has 1 aromatic heterocycles. The Balaban J connectivity index is 1.70. The van der Waals surface area contributed by atoms with Crippen LogP contribution in [0.1, 0.15) is 21.7 Å². The fraction of sp³-hybridized carbons (Fsp3) is 0.0435. The van der Waals surface area contributed by atoms with Gasteiger partial charge >= 0.3 is 6.03 Å². The quantitative estimate of drug-likeness (QED) is 0.440. The highest BCUT2D eigenvalue weighted by atomic mass is 79.9. The Kier molecular flexibility index (Phi) is 5.50. The second-order valence-electron chi connectivity index (χ2n) is 6.96. The maximum atomic E-state index is 13.0. The summed E-state index contributed by atoms with van der Waals surface area (Å²) >= 11 is 3.29. The van der Waals surface area contributed by atoms with Gasteiger partial charge in [-0.15, -0.1) is 0 Å². The number of aryl methyl sites for hydroxylation is 1. The zero-order chi connectivity index (χ0) is 23.0. The molecule has 0 aliphatic carbocycles. The number of nitrogens with zero attached hydrogens (tertiary/aromatic N) is 1. The van der Waals surface area contributed by atoms with E-state index in [-0.39, 0.29) is 22.6 Å². The number of carboxylic acids is 1. The number of hydrogen-bond acceptors (Lipinski definition) is 6. The van der Waals surface area contributed by atoms with E-state index in [4.69, 9.17) is 4.42 Å². The summed E-state index contributed by atoms with van der Waals surface area (Å²) in [5.41, 5.74) is 1.29. The van der Waals surface area contributed by atoms with E-state index in [1.807, 2.05) is 0 Å². The van der Waals surface area contributed by atoms with Gasteiger partial charge in [0.2, 0.25) is 0 Å². The smallest absolute Gasteiger partial charge is 0.335 e. The standard InChI is InChI=1S/C23H15BrN2O6/c1-12-5-6-13(22(29)30)9-17(12)19-8-7-16(32-19)11-18-20(27)25-23(31)26(21(18)28)15-4-2-3-14(24)10-15/h2-11H,1H3,(H,29,30)(H,25,27,31)/p-1/b18-11-. The van der Waals surface area contributed by atoms with Crippen LogP contribution in [0.5, 0.6) is 0 Å². The largest absolute Gasteiger partial charge is 0.545 e. The Bertz CT molecular complexity index is 1320. The fourth-order valence-electron chi connectivity index (χ4n) is 3.24. The minimum Gasteiger partial charge on any atom is -0.545 e. The SMILES string of the molecule is Cc1ccc(C(=O)[O-])cc1-c1ccc(/C=C2/C(=O)NC(=O)N(c3cccc(Br)c3)C2=O)o1. The molecule has 2 heterocycles. The zero-order valence-electron chi connectivity index (χ0n) is 16.5. The van der Waals surface area contributed by atoms with Gasteiger partial charge in [0.15, 0.2) is 0 Å². The molecule has 0 atom stereocenters. The van der Waals surface area contributed by atoms with Gasteiger partial charge in [-0.25, -0.2) is 9.69 Å². The molecule has 4 amide bonds. The summed E-state index contributed by atoms with van der Waals surface area (Å²) in [6.07, 6.45) is 1.23. The number of amides is 4. The van der Waals surface area contributed by atoms with Gasteiger partial charge in [0.05, 0.1) is 11.7 Å². The van der Waals surface area contributed by atoms with E-state index in [0.29, 0.717) is 15.8 Å². The van der Waals surface area contributed by atoms with Gasteiger partial charge < -0.3 is 14.3 Å². The molecule has 2 aromatic carbocycles. The van der Waals surface area contributed by atoms with E-state index in [0.717, 1.165) is 10.5 Å². The van der Waals surface area contributed by atoms with Crippen LogP contribution in [0, 0.1) is 6.92 Å². The van der Waals surface area contributed by atoms with Crippen molar-refractivity contribution < 1.29 is 28.7 Å². The number of benzene rings is 2. The molecule has 32 heavy (non-hydrogen) atoms. The number of imide groups is 2. The molecule has 1 N–H and O–H groups in total. The van der Waals surface area contributed by atoms with Gasteiger partial charge in [0.25, 0.3) is 11.8 Å². The molecule has 0 radical (unpaired) electrons. The molecule has 1 fully saturated rings. The maximum absolute atomic E-state index is 13.0. The van der Waals surface area contributed by atoms with Crippen LogP contribution in [0.4, 0.5) is 10.5 Å². The van der Waals surface area contributed by atoms with Gasteiger partial charge in [-0.3, -0.25) is 14.9 Å². The van der Waals surface area contributed by atoms with Crippen LogP contribution in [-0.2, 0) is 9.59 Å². The van der Waals surface area contributed by atoms with Crippen LogP contribution >= 0.6 is 15.9 Å². The van der Waals surface area contributed by atoms with Gasteiger partial charge in [-0.05, 0) is 60.5 Å². The highest BCUT2D eigenvalue weighted by Gasteiger charge is 2.37. The lowest BCUT2D eigenvalue weighted by molar-refractivity contribution is -0.255. The number of aromatic carboxylic acids is 1. The van der Waals surface area contributed by atoms with Crippen molar-refractivity contribution in [3.05, 3.63) is 81.5 Å². The first-order chi connectivity index (χ1) is 15.2. The number of nitrogens with one attached hydrogen (secondary N) is 1. The number of furan rings is 1. The van der Waals surface area contributed by atoms with Crippen molar-refractivity contribution >= 4 is 51.5 Å². The summed E-state index contributed by atoms with van der Waals surface area (Å²) in [4.78, 5) is 49.6. The summed E-state index contributed by atoms with van der Waals surface area (Å²) in [5, 5.41) is 13.3. The van der Waals surface area contributed by atoms with Crippen molar-refractivity contribution in [3.8, 4) is 11.3 Å². The second kappa shape index (κ2) is 8.27. The number of halogens is 1. The lowest BCUT2D eigenvalue weighted by atomic mass is 10.0. The van der Waals surface area contributed by atoms with Gasteiger partial charge in [0.1, 0.15) is 17.1 Å². The summed E-state index contributed by atoms with van der Waals surface area (Å²) < 4.78 is 6.39. The number of rotatable bonds is 4. The molecule has 0 spiro atoms. The normalized spacial score (nSPS) is 15.2. The molecule has 1 saturated heterocycles. The molecule has 9 heteroatoms. The molecule has 0 bridgehead atoms. The molecule has 0 saturated carbocycles. The number of barbiturate groups is 1. The lowest BCUT2D eigenvalue weighted by Crippen LogP contribution is -2.54. The third-order valence-corrected chi connectivity index (χ3v) is 5.31. The summed E-state index contributed by atoms with van der Waals surface area (Å²) in [6, 6.07) is 13.3. The lowest BCUT2D eigenvalue weighted by Gasteiger charge is -2.26. The third-order valence-electron chi connectivity index (χ3n) is 4.82. The van der Waals surface area contributed by atoms with Gasteiger partial charge in [-0.1, -0.05) is 34.1 Å². The summed E-state index contributed by atoms with van der Waals surface area (Å²) in [6.45, 7) is 1.79. The molecule has 1 aliphatic heterocycles. The monoisotopic (exact) mass is 493 g/mol. The third kappa shape index (κ3) is 3.97. The van der Waals surface area contributed by atoms with Crippen LogP contribution in [0.15, 0.2) is 69.1 Å². The van der Waals surface area contributed by atoms with E-state index >= 15 is 0 Å². The first-order valence-electron chi connectivity index (χ1n) is 9.34. The van der Waals surface area contributed by atoms with Crippen molar-refractivity contribution in [1.29, 1.82) is 0 Å². The Morgan fingerprint density at radius 2 is 1.88 bits per heavy atom. The van der Waals surface area contributed by atoms with Crippen molar-refractivity contribution in [3.63, 3.8) is 0 Å². The molecular formula is C23H14BrN2O6-. The summed E-state index contributed by atoms with van der Waals surface area (Å²) in [5.74, 6) is -2.44. The molecule has 1 aliphatic rings. The van der Waals surface area contributed by atoms with Crippen molar-refractivity contribution in [2.24, 2.45) is 0 Å². The molecule has 4 rings (SSSR count). The van der Waals surface area contributed by atoms with Crippen molar-refractivity contribution in [2.45, 2.75) is 6.92 Å². The minimum atomic E-state index is -1.32. The van der Waals surface area contributed by atoms with Gasteiger partial charge in [-0.2, -0.15) is 0 Å². The van der Waals surface area contributed by atoms with Crippen LogP contribution < -0.4 is 15.3 Å². The molecule has 160 valence electrons. The Morgan fingerprint density at radius 3 is 2.59 bits per heavy atom. The topological polar surface area (TPSA) is 120 Å². The van der Waals surface area contributed by atoms with Crippen molar-refractivity contribution in [1.82, 2.24) is 5.32 Å². The zero-order valence-corrected chi connectivity index (χ0v) is 18.1. The molecule has 3 aromatic rings. The first-order valence-corrected chi connectivity index (χ1v) is 10.1. The highest BCUT2D eigenvalue weighted by Crippen LogP contribution is 2.29. The second-order valence-corrected chi connectivity index (χ2v) is 7.87. The van der Waals surface area contributed by atoms with E-state index in [1.165, 1.54) is 24.3 Å². The number of carbonyl (C=O) groups is 4. The Labute approximate surface area is 190 Å². The number of carboxylic acid groups (broad SMARTS) is 1. The van der Waals surface area contributed by atoms with Crippen LogP contribution in [0.3, 0.4) is 0 Å². The van der Waals surface area contributed by atoms with Crippen LogP contribution in [-0.4, -0.2) is 23.8 Å². The molecular weight excluding hydrogens is 480 g/mol. The number of urea groups is 1. The van der Waals surface area contributed by atoms with Crippen LogP contribution in [0.2, 0.25) is 0 Å². The average Bonchev–Trinajstić information content (AvgIpc) is 3.19. The maximum Gasteiger partial charge on any atom is 0.335 e. The number of hydrogen-bond donors (Lipinski definition) is 1. The molecule has 8 nitrogen and oxygen atoms in total. The Hall–Kier alpha value is -3.98. The number of anilines is 1. The van der Waals surface area contributed by atoms with Gasteiger partial charge in [0, 0.05) is 10.0 Å². The first kappa shape index (κ1) is 21.3. The Morgan fingerprint density at radius 1 is 1.09 bits per heavy atom. The number of carbonyl (C=O) groups excluding carboxylic acids is 4. The average molecular weight is 494 g/mol. The summed E-state index contributed by atoms with van der Waals surface area (Å²) in [7, 11) is 0. The predicted molar refractivity (Wildman–Crippen MR) is 116 cm³/mol.